The molecule has 0 radical (unpaired) electrons. The zero-order valence-electron chi connectivity index (χ0n) is 14.8. The third-order valence-corrected chi connectivity index (χ3v) is 5.76. The summed E-state index contributed by atoms with van der Waals surface area (Å²) in [7, 11) is 3.55. The first-order valence-corrected chi connectivity index (χ1v) is 9.03. The van der Waals surface area contributed by atoms with Gasteiger partial charge in [0.1, 0.15) is 0 Å². The number of ether oxygens (including phenoxy) is 1. The molecule has 0 aliphatic carbocycles. The van der Waals surface area contributed by atoms with Crippen LogP contribution in [0.2, 0.25) is 5.02 Å². The van der Waals surface area contributed by atoms with E-state index in [0.29, 0.717) is 24.5 Å². The molecular formula is C18H25ClFN3O2. The standard InChI is InChI=1S/C18H25ClFN3O2/c1-22-7-8-23(12-18(22)4-3-16(24)21-6-5-18)11-13-9-14(19)17(25-2)15(20)10-13/h9-10H,3-8,11-12H2,1-2H3,(H,21,24). The summed E-state index contributed by atoms with van der Waals surface area (Å²) in [6.45, 7) is 4.05. The molecule has 7 heteroatoms. The molecule has 25 heavy (non-hydrogen) atoms. The van der Waals surface area contributed by atoms with Crippen molar-refractivity contribution in [2.24, 2.45) is 0 Å². The van der Waals surface area contributed by atoms with Crippen molar-refractivity contribution < 1.29 is 13.9 Å². The van der Waals surface area contributed by atoms with Crippen LogP contribution in [-0.2, 0) is 11.3 Å². The van der Waals surface area contributed by atoms with Crippen LogP contribution < -0.4 is 10.1 Å². The Bertz CT molecular complexity index is 634. The number of carbonyl (C=O) groups excluding carboxylic acids is 1. The second kappa shape index (κ2) is 7.48. The lowest BCUT2D eigenvalue weighted by Crippen LogP contribution is -2.60. The summed E-state index contributed by atoms with van der Waals surface area (Å²) in [5.41, 5.74) is 0.831. The van der Waals surface area contributed by atoms with Gasteiger partial charge in [0, 0.05) is 44.7 Å². The van der Waals surface area contributed by atoms with Crippen LogP contribution in [0.3, 0.4) is 0 Å². The number of carbonyl (C=O) groups is 1. The van der Waals surface area contributed by atoms with Crippen molar-refractivity contribution in [1.29, 1.82) is 0 Å². The third kappa shape index (κ3) is 3.91. The largest absolute Gasteiger partial charge is 0.492 e. The molecule has 1 amide bonds. The maximum absolute atomic E-state index is 14.1. The van der Waals surface area contributed by atoms with Gasteiger partial charge in [0.05, 0.1) is 12.1 Å². The van der Waals surface area contributed by atoms with Crippen molar-refractivity contribution in [2.75, 3.05) is 40.3 Å². The summed E-state index contributed by atoms with van der Waals surface area (Å²) in [5, 5.41) is 3.26. The van der Waals surface area contributed by atoms with Gasteiger partial charge in [-0.15, -0.1) is 0 Å². The highest BCUT2D eigenvalue weighted by molar-refractivity contribution is 6.32. The molecule has 1 aromatic carbocycles. The number of hydrogen-bond donors (Lipinski definition) is 1. The maximum atomic E-state index is 14.1. The van der Waals surface area contributed by atoms with Gasteiger partial charge in [-0.05, 0) is 37.6 Å². The van der Waals surface area contributed by atoms with Gasteiger partial charge >= 0.3 is 0 Å². The van der Waals surface area contributed by atoms with Crippen molar-refractivity contribution in [3.8, 4) is 5.75 Å². The fraction of sp³-hybridized carbons (Fsp3) is 0.611. The van der Waals surface area contributed by atoms with E-state index in [-0.39, 0.29) is 17.2 Å². The van der Waals surface area contributed by atoms with Gasteiger partial charge in [-0.25, -0.2) is 4.39 Å². The summed E-state index contributed by atoms with van der Waals surface area (Å²) >= 11 is 6.12. The number of halogens is 2. The van der Waals surface area contributed by atoms with Crippen molar-refractivity contribution >= 4 is 17.5 Å². The highest BCUT2D eigenvalue weighted by atomic mass is 35.5. The van der Waals surface area contributed by atoms with Crippen LogP contribution in [0.5, 0.6) is 5.75 Å². The Morgan fingerprint density at radius 1 is 1.36 bits per heavy atom. The smallest absolute Gasteiger partial charge is 0.220 e. The summed E-state index contributed by atoms with van der Waals surface area (Å²) in [5.74, 6) is -0.210. The average molecular weight is 370 g/mol. The van der Waals surface area contributed by atoms with Crippen LogP contribution >= 0.6 is 11.6 Å². The Kier molecular flexibility index (Phi) is 5.51. The van der Waals surface area contributed by atoms with Gasteiger partial charge in [-0.1, -0.05) is 11.6 Å². The molecule has 3 rings (SSSR count). The van der Waals surface area contributed by atoms with Crippen molar-refractivity contribution in [1.82, 2.24) is 15.1 Å². The van der Waals surface area contributed by atoms with Gasteiger partial charge in [0.2, 0.25) is 5.91 Å². The Labute approximate surface area is 153 Å². The van der Waals surface area contributed by atoms with E-state index in [1.54, 1.807) is 6.07 Å². The zero-order chi connectivity index (χ0) is 18.0. The Morgan fingerprint density at radius 2 is 2.16 bits per heavy atom. The van der Waals surface area contributed by atoms with E-state index >= 15 is 0 Å². The lowest BCUT2D eigenvalue weighted by Gasteiger charge is -2.49. The van der Waals surface area contributed by atoms with Crippen molar-refractivity contribution in [3.63, 3.8) is 0 Å². The minimum absolute atomic E-state index is 0.00772. The third-order valence-electron chi connectivity index (χ3n) is 5.48. The van der Waals surface area contributed by atoms with Crippen LogP contribution in [0.25, 0.3) is 0 Å². The van der Waals surface area contributed by atoms with E-state index in [4.69, 9.17) is 16.3 Å². The van der Waals surface area contributed by atoms with E-state index in [1.807, 2.05) is 0 Å². The van der Waals surface area contributed by atoms with E-state index in [1.165, 1.54) is 13.2 Å². The van der Waals surface area contributed by atoms with Crippen molar-refractivity contribution in [2.45, 2.75) is 31.3 Å². The van der Waals surface area contributed by atoms with E-state index < -0.39 is 5.82 Å². The van der Waals surface area contributed by atoms with Gasteiger partial charge in [-0.2, -0.15) is 0 Å². The fourth-order valence-corrected chi connectivity index (χ4v) is 4.28. The normalized spacial score (nSPS) is 25.7. The summed E-state index contributed by atoms with van der Waals surface area (Å²) in [4.78, 5) is 16.4. The number of likely N-dealkylation sites (N-methyl/N-ethyl adjacent to an activating group) is 1. The molecule has 0 saturated carbocycles. The number of amides is 1. The Morgan fingerprint density at radius 3 is 2.88 bits per heavy atom. The number of methoxy groups -OCH3 is 1. The average Bonchev–Trinajstić information content (AvgIpc) is 2.74. The molecule has 5 nitrogen and oxygen atoms in total. The number of piperazine rings is 1. The van der Waals surface area contributed by atoms with Crippen LogP contribution in [0.4, 0.5) is 4.39 Å². The molecule has 1 N–H and O–H groups in total. The van der Waals surface area contributed by atoms with Gasteiger partial charge < -0.3 is 10.1 Å². The van der Waals surface area contributed by atoms with E-state index in [0.717, 1.165) is 38.0 Å². The molecule has 1 atom stereocenters. The molecule has 138 valence electrons. The minimum atomic E-state index is -0.432. The highest BCUT2D eigenvalue weighted by Crippen LogP contribution is 2.33. The van der Waals surface area contributed by atoms with Gasteiger partial charge in [0.15, 0.2) is 11.6 Å². The zero-order valence-corrected chi connectivity index (χ0v) is 15.5. The Balaban J connectivity index is 1.74. The predicted molar refractivity (Wildman–Crippen MR) is 95.5 cm³/mol. The topological polar surface area (TPSA) is 44.8 Å². The molecule has 2 aliphatic rings. The van der Waals surface area contributed by atoms with Gasteiger partial charge in [0.25, 0.3) is 0 Å². The van der Waals surface area contributed by atoms with E-state index in [9.17, 15) is 9.18 Å². The number of nitrogens with one attached hydrogen (secondary N) is 1. The summed E-state index contributed by atoms with van der Waals surface area (Å²) in [6, 6.07) is 3.26. The van der Waals surface area contributed by atoms with E-state index in [2.05, 4.69) is 22.2 Å². The first-order chi connectivity index (χ1) is 11.9. The highest BCUT2D eigenvalue weighted by Gasteiger charge is 2.40. The van der Waals surface area contributed by atoms with Crippen molar-refractivity contribution in [3.05, 3.63) is 28.5 Å². The summed E-state index contributed by atoms with van der Waals surface area (Å²) in [6.07, 6.45) is 2.34. The van der Waals surface area contributed by atoms with Crippen LogP contribution in [0.1, 0.15) is 24.8 Å². The molecule has 0 aromatic heterocycles. The monoisotopic (exact) mass is 369 g/mol. The summed E-state index contributed by atoms with van der Waals surface area (Å²) < 4.78 is 19.1. The molecule has 2 fully saturated rings. The molecule has 2 saturated heterocycles. The SMILES string of the molecule is COc1c(F)cc(CN2CCN(C)C3(CCNC(=O)CC3)C2)cc1Cl. The Hall–Kier alpha value is -1.37. The first kappa shape index (κ1) is 18.4. The van der Waals surface area contributed by atoms with Crippen LogP contribution in [0, 0.1) is 5.82 Å². The lowest BCUT2D eigenvalue weighted by atomic mass is 9.86. The molecular weight excluding hydrogens is 345 g/mol. The molecule has 1 unspecified atom stereocenters. The maximum Gasteiger partial charge on any atom is 0.220 e. The number of benzene rings is 1. The van der Waals surface area contributed by atoms with Crippen LogP contribution in [-0.4, -0.2) is 61.6 Å². The number of nitrogens with zero attached hydrogens (tertiary/aromatic N) is 2. The molecule has 2 heterocycles. The molecule has 0 bridgehead atoms. The minimum Gasteiger partial charge on any atom is -0.492 e. The predicted octanol–water partition coefficient (Wildman–Crippen LogP) is 2.27. The quantitative estimate of drug-likeness (QED) is 0.887. The first-order valence-electron chi connectivity index (χ1n) is 8.66. The molecule has 1 spiro atoms. The number of hydrogen-bond acceptors (Lipinski definition) is 4. The molecule has 2 aliphatic heterocycles. The molecule has 1 aromatic rings. The lowest BCUT2D eigenvalue weighted by molar-refractivity contribution is -0.121. The van der Waals surface area contributed by atoms with Gasteiger partial charge in [-0.3, -0.25) is 14.6 Å². The van der Waals surface area contributed by atoms with Crippen LogP contribution in [0.15, 0.2) is 12.1 Å². The second-order valence-electron chi connectivity index (χ2n) is 7.05. The second-order valence-corrected chi connectivity index (χ2v) is 7.46. The number of rotatable bonds is 3. The fourth-order valence-electron chi connectivity index (χ4n) is 3.97.